The van der Waals surface area contributed by atoms with E-state index < -0.39 is 21.1 Å². The lowest BCUT2D eigenvalue weighted by molar-refractivity contribution is -0.108. The van der Waals surface area contributed by atoms with Gasteiger partial charge in [0.2, 0.25) is 22.4 Å². The largest absolute Gasteiger partial charge is 0.327 e. The first-order valence-corrected chi connectivity index (χ1v) is 17.3. The van der Waals surface area contributed by atoms with Crippen LogP contribution in [0.5, 0.6) is 0 Å². The number of carbonyl (C=O) groups is 1. The fraction of sp³-hybridized carbons (Fsp3) is 0.103. The number of amides is 1. The minimum absolute atomic E-state index is 0.134. The Morgan fingerprint density at radius 2 is 1.27 bits per heavy atom. The maximum Gasteiger partial charge on any atom is 0.281 e. The van der Waals surface area contributed by atoms with Crippen molar-refractivity contribution in [1.82, 2.24) is 19.4 Å². The van der Waals surface area contributed by atoms with Crippen LogP contribution in [0.4, 0.5) is 5.69 Å². The second-order valence-electron chi connectivity index (χ2n) is 11.6. The second-order valence-corrected chi connectivity index (χ2v) is 13.3. The number of sulfonamides is 1. The summed E-state index contributed by atoms with van der Waals surface area (Å²) < 4.78 is 32.5. The third-order valence-corrected chi connectivity index (χ3v) is 9.65. The van der Waals surface area contributed by atoms with Crippen molar-refractivity contribution in [2.75, 3.05) is 4.72 Å². The SMILES string of the molecule is C=C(NC=O)c1c(C)nc(-n2c(C)ccc(NS(=O)(=O)Cc3ccccc3)c2=O)n1C(c1ccccc1)(c1ccccc1)c1ccccc1. The molecule has 0 bridgehead atoms. The summed E-state index contributed by atoms with van der Waals surface area (Å²) in [5.41, 5.74) is 2.93. The van der Waals surface area contributed by atoms with Crippen LogP contribution in [0.15, 0.2) is 145 Å². The normalized spacial score (nSPS) is 11.6. The van der Waals surface area contributed by atoms with Gasteiger partial charge in [0, 0.05) is 5.69 Å². The molecule has 0 saturated carbocycles. The van der Waals surface area contributed by atoms with E-state index in [2.05, 4.69) is 16.6 Å². The van der Waals surface area contributed by atoms with Crippen molar-refractivity contribution in [3.05, 3.63) is 190 Å². The second kappa shape index (κ2) is 13.6. The number of carbonyl (C=O) groups excluding carboxylic acids is 1. The molecule has 9 nitrogen and oxygen atoms in total. The van der Waals surface area contributed by atoms with E-state index in [-0.39, 0.29) is 23.1 Å². The van der Waals surface area contributed by atoms with Crippen molar-refractivity contribution in [3.63, 3.8) is 0 Å². The monoisotopic (exact) mass is 669 g/mol. The third kappa shape index (κ3) is 6.21. The Balaban J connectivity index is 1.70. The van der Waals surface area contributed by atoms with Gasteiger partial charge in [0.15, 0.2) is 0 Å². The number of pyridine rings is 1. The number of rotatable bonds is 12. The Morgan fingerprint density at radius 1 is 0.776 bits per heavy atom. The summed E-state index contributed by atoms with van der Waals surface area (Å²) in [7, 11) is -3.97. The fourth-order valence-corrected chi connectivity index (χ4v) is 7.55. The van der Waals surface area contributed by atoms with Crippen molar-refractivity contribution < 1.29 is 13.2 Å². The smallest absolute Gasteiger partial charge is 0.281 e. The van der Waals surface area contributed by atoms with Crippen molar-refractivity contribution in [1.29, 1.82) is 0 Å². The van der Waals surface area contributed by atoms with Crippen LogP contribution in [0.3, 0.4) is 0 Å². The average molecular weight is 670 g/mol. The molecular weight excluding hydrogens is 635 g/mol. The van der Waals surface area contributed by atoms with Gasteiger partial charge in [-0.2, -0.15) is 0 Å². The quantitative estimate of drug-likeness (QED) is 0.120. The molecule has 0 aliphatic rings. The number of hydrogen-bond acceptors (Lipinski definition) is 5. The van der Waals surface area contributed by atoms with Gasteiger partial charge in [-0.05, 0) is 48.2 Å². The van der Waals surface area contributed by atoms with Gasteiger partial charge in [-0.3, -0.25) is 18.9 Å². The molecule has 0 atom stereocenters. The van der Waals surface area contributed by atoms with Crippen LogP contribution in [-0.2, 0) is 26.1 Å². The van der Waals surface area contributed by atoms with Crippen molar-refractivity contribution >= 4 is 27.8 Å². The zero-order valence-electron chi connectivity index (χ0n) is 27.1. The summed E-state index contributed by atoms with van der Waals surface area (Å²) in [5.74, 6) is -0.112. The highest BCUT2D eigenvalue weighted by atomic mass is 32.2. The molecule has 2 aromatic heterocycles. The molecule has 0 aliphatic heterocycles. The molecule has 2 N–H and O–H groups in total. The lowest BCUT2D eigenvalue weighted by Gasteiger charge is -2.40. The molecule has 6 rings (SSSR count). The van der Waals surface area contributed by atoms with Gasteiger partial charge in [0.25, 0.3) is 5.56 Å². The number of aryl methyl sites for hydroxylation is 2. The number of nitrogens with one attached hydrogen (secondary N) is 2. The molecular formula is C39H35N5O4S. The molecule has 2 heterocycles. The Labute approximate surface area is 285 Å². The predicted molar refractivity (Wildman–Crippen MR) is 193 cm³/mol. The van der Waals surface area contributed by atoms with E-state index in [4.69, 9.17) is 4.98 Å². The summed E-state index contributed by atoms with van der Waals surface area (Å²) >= 11 is 0. The first-order valence-electron chi connectivity index (χ1n) is 15.6. The van der Waals surface area contributed by atoms with Crippen molar-refractivity contribution in [3.8, 4) is 5.95 Å². The summed E-state index contributed by atoms with van der Waals surface area (Å²) in [6.07, 6.45) is 0.549. The molecule has 0 unspecified atom stereocenters. The Kier molecular flexibility index (Phi) is 9.15. The fourth-order valence-electron chi connectivity index (χ4n) is 6.35. The van der Waals surface area contributed by atoms with E-state index in [0.29, 0.717) is 29.1 Å². The first-order chi connectivity index (χ1) is 23.7. The van der Waals surface area contributed by atoms with E-state index >= 15 is 0 Å². The standard InChI is InChI=1S/C39H35N5O4S/c1-28-24-25-35(42-49(47,48)26-31-16-8-4-9-17-31)37(46)43(28)38-41-30(3)36(29(2)40-27-45)44(38)39(32-18-10-5-11-19-32,33-20-12-6-13-21-33)34-22-14-7-15-23-34/h4-25,27,42H,2,26H2,1,3H3,(H,40,45). The number of nitrogens with zero attached hydrogens (tertiary/aromatic N) is 3. The molecule has 6 aromatic rings. The minimum Gasteiger partial charge on any atom is -0.327 e. The van der Waals surface area contributed by atoms with E-state index in [1.54, 1.807) is 50.2 Å². The topological polar surface area (TPSA) is 115 Å². The van der Waals surface area contributed by atoms with Crippen LogP contribution in [0.25, 0.3) is 11.6 Å². The zero-order valence-corrected chi connectivity index (χ0v) is 27.9. The Hall–Kier alpha value is -6.00. The lowest BCUT2D eigenvalue weighted by atomic mass is 9.76. The number of imidazole rings is 1. The van der Waals surface area contributed by atoms with E-state index in [0.717, 1.165) is 16.7 Å². The molecule has 49 heavy (non-hydrogen) atoms. The van der Waals surface area contributed by atoms with Gasteiger partial charge in [0.05, 0.1) is 22.8 Å². The molecule has 10 heteroatoms. The van der Waals surface area contributed by atoms with Crippen LogP contribution in [-0.4, -0.2) is 28.9 Å². The van der Waals surface area contributed by atoms with Gasteiger partial charge in [-0.25, -0.2) is 18.0 Å². The molecule has 0 fully saturated rings. The predicted octanol–water partition coefficient (Wildman–Crippen LogP) is 6.15. The molecule has 0 radical (unpaired) electrons. The van der Waals surface area contributed by atoms with Gasteiger partial charge in [-0.1, -0.05) is 128 Å². The Bertz CT molecular complexity index is 2190. The number of aromatic nitrogens is 3. The van der Waals surface area contributed by atoms with Gasteiger partial charge >= 0.3 is 0 Å². The van der Waals surface area contributed by atoms with Crippen LogP contribution in [0.1, 0.15) is 39.3 Å². The van der Waals surface area contributed by atoms with Crippen LogP contribution >= 0.6 is 0 Å². The van der Waals surface area contributed by atoms with Crippen LogP contribution in [0.2, 0.25) is 0 Å². The lowest BCUT2D eigenvalue weighted by Crippen LogP contribution is -2.42. The highest BCUT2D eigenvalue weighted by molar-refractivity contribution is 7.91. The highest BCUT2D eigenvalue weighted by Gasteiger charge is 2.43. The molecule has 1 amide bonds. The zero-order chi connectivity index (χ0) is 34.6. The van der Waals surface area contributed by atoms with Gasteiger partial charge < -0.3 is 5.32 Å². The van der Waals surface area contributed by atoms with Crippen molar-refractivity contribution in [2.45, 2.75) is 25.1 Å². The molecule has 0 aliphatic carbocycles. The molecule has 0 saturated heterocycles. The third-order valence-electron chi connectivity index (χ3n) is 8.41. The summed E-state index contributed by atoms with van der Waals surface area (Å²) in [6, 6.07) is 41.3. The number of anilines is 1. The van der Waals surface area contributed by atoms with Crippen LogP contribution < -0.4 is 15.6 Å². The first kappa shape index (κ1) is 32.9. The Morgan fingerprint density at radius 3 is 1.76 bits per heavy atom. The van der Waals surface area contributed by atoms with Crippen molar-refractivity contribution in [2.24, 2.45) is 0 Å². The molecule has 246 valence electrons. The average Bonchev–Trinajstić information content (AvgIpc) is 3.44. The number of benzene rings is 4. The molecule has 4 aromatic carbocycles. The van der Waals surface area contributed by atoms with E-state index in [1.807, 2.05) is 95.6 Å². The van der Waals surface area contributed by atoms with Gasteiger partial charge in [-0.15, -0.1) is 0 Å². The maximum atomic E-state index is 14.5. The minimum atomic E-state index is -3.97. The summed E-state index contributed by atoms with van der Waals surface area (Å²) in [4.78, 5) is 31.3. The van der Waals surface area contributed by atoms with E-state index in [9.17, 15) is 18.0 Å². The number of hydrogen-bond donors (Lipinski definition) is 2. The van der Waals surface area contributed by atoms with E-state index in [1.165, 1.54) is 10.6 Å². The summed E-state index contributed by atoms with van der Waals surface area (Å²) in [6.45, 7) is 7.74. The van der Waals surface area contributed by atoms with Gasteiger partial charge in [0.1, 0.15) is 11.2 Å². The highest BCUT2D eigenvalue weighted by Crippen LogP contribution is 2.44. The molecule has 0 spiro atoms. The maximum absolute atomic E-state index is 14.5. The van der Waals surface area contributed by atoms with Crippen LogP contribution in [0, 0.1) is 13.8 Å². The summed E-state index contributed by atoms with van der Waals surface area (Å²) in [5, 5.41) is 2.71.